The Kier molecular flexibility index (Phi) is 8.39. The lowest BCUT2D eigenvalue weighted by atomic mass is 9.98. The van der Waals surface area contributed by atoms with Gasteiger partial charge in [-0.15, -0.1) is 6.42 Å². The van der Waals surface area contributed by atoms with Gasteiger partial charge in [-0.3, -0.25) is 14.2 Å². The first-order valence-corrected chi connectivity index (χ1v) is 11.5. The molecule has 34 heavy (non-hydrogen) atoms. The first kappa shape index (κ1) is 25.4. The van der Waals surface area contributed by atoms with Crippen LogP contribution in [0.4, 0.5) is 10.2 Å². The molecule has 11 heteroatoms. The van der Waals surface area contributed by atoms with Gasteiger partial charge in [0.1, 0.15) is 18.9 Å². The molecule has 0 radical (unpaired) electrons. The third kappa shape index (κ3) is 5.62. The number of fused-ring (bicyclic) bond motifs is 1. The number of aromatic nitrogens is 4. The number of nitrogens with zero attached hydrogens (tertiary/aromatic N) is 4. The highest BCUT2D eigenvalue weighted by atomic mass is 19.1. The topological polar surface area (TPSA) is 131 Å². The molecule has 0 unspecified atom stereocenters. The van der Waals surface area contributed by atoms with E-state index in [-0.39, 0.29) is 42.9 Å². The minimum absolute atomic E-state index is 0.107. The molecule has 0 amide bonds. The number of carbonyl (C=O) groups is 2. The number of hydrogen-bond acceptors (Lipinski definition) is 9. The molecule has 10 nitrogen and oxygen atoms in total. The number of terminal acetylenes is 1. The standard InChI is InChI=1S/C23H30FN5O5/c1-4-7-9-11-18(31)33-15-12-16(29-14-26-19-20(25)27-22(24)28-21(19)29)34-23(15,6-3)13-32-17(30)10-8-5-2/h3,14-16H,4-5,7-13H2,1-2H3,(H2,25,27,28)/t15-,16+,23+/m0/s1. The number of esters is 2. The summed E-state index contributed by atoms with van der Waals surface area (Å²) in [6.45, 7) is 3.70. The molecule has 0 saturated carbocycles. The average molecular weight is 476 g/mol. The second-order valence-electron chi connectivity index (χ2n) is 8.24. The second-order valence-corrected chi connectivity index (χ2v) is 8.24. The Hall–Kier alpha value is -3.26. The highest BCUT2D eigenvalue weighted by Crippen LogP contribution is 2.40. The molecular formula is C23H30FN5O5. The normalized spacial score (nSPS) is 21.9. The summed E-state index contributed by atoms with van der Waals surface area (Å²) in [6, 6.07) is 0. The molecule has 0 aromatic carbocycles. The fourth-order valence-electron chi connectivity index (χ4n) is 3.79. The third-order valence-electron chi connectivity index (χ3n) is 5.70. The highest BCUT2D eigenvalue weighted by Gasteiger charge is 2.52. The van der Waals surface area contributed by atoms with Gasteiger partial charge in [-0.2, -0.15) is 14.4 Å². The van der Waals surface area contributed by atoms with E-state index in [1.807, 2.05) is 13.8 Å². The van der Waals surface area contributed by atoms with Crippen molar-refractivity contribution in [2.45, 2.75) is 83.1 Å². The maximum atomic E-state index is 13.8. The molecule has 0 bridgehead atoms. The van der Waals surface area contributed by atoms with Gasteiger partial charge in [0.25, 0.3) is 0 Å². The van der Waals surface area contributed by atoms with E-state index < -0.39 is 35.9 Å². The zero-order valence-electron chi connectivity index (χ0n) is 19.5. The van der Waals surface area contributed by atoms with Crippen molar-refractivity contribution >= 4 is 28.9 Å². The maximum Gasteiger partial charge on any atom is 0.312 e. The Balaban J connectivity index is 1.86. The zero-order valence-corrected chi connectivity index (χ0v) is 19.5. The smallest absolute Gasteiger partial charge is 0.312 e. The minimum Gasteiger partial charge on any atom is -0.461 e. The van der Waals surface area contributed by atoms with E-state index in [0.717, 1.165) is 19.3 Å². The number of rotatable bonds is 11. The SMILES string of the molecule is C#C[C@]1(COC(=O)CCCC)O[C@@H](n2cnc3c(N)nc(F)nc32)C[C@@H]1OC(=O)CCCCC. The lowest BCUT2D eigenvalue weighted by Gasteiger charge is -2.28. The van der Waals surface area contributed by atoms with Crippen LogP contribution in [0.1, 0.15) is 71.4 Å². The Morgan fingerprint density at radius 3 is 2.71 bits per heavy atom. The van der Waals surface area contributed by atoms with Crippen LogP contribution >= 0.6 is 0 Å². The molecule has 2 aromatic heterocycles. The van der Waals surface area contributed by atoms with Gasteiger partial charge in [-0.25, -0.2) is 4.98 Å². The summed E-state index contributed by atoms with van der Waals surface area (Å²) in [5, 5.41) is 0. The Morgan fingerprint density at radius 1 is 1.26 bits per heavy atom. The first-order valence-electron chi connectivity index (χ1n) is 11.5. The van der Waals surface area contributed by atoms with Crippen molar-refractivity contribution in [2.24, 2.45) is 0 Å². The van der Waals surface area contributed by atoms with Crippen LogP contribution in [-0.4, -0.2) is 49.8 Å². The highest BCUT2D eigenvalue weighted by molar-refractivity contribution is 5.81. The summed E-state index contributed by atoms with van der Waals surface area (Å²) < 4.78 is 32.5. The van der Waals surface area contributed by atoms with Crippen molar-refractivity contribution in [2.75, 3.05) is 12.3 Å². The molecule has 0 spiro atoms. The molecule has 2 aromatic rings. The lowest BCUT2D eigenvalue weighted by Crippen LogP contribution is -2.45. The number of nitrogens with two attached hydrogens (primary N) is 1. The van der Waals surface area contributed by atoms with E-state index in [1.54, 1.807) is 0 Å². The lowest BCUT2D eigenvalue weighted by molar-refractivity contribution is -0.166. The molecule has 184 valence electrons. The van der Waals surface area contributed by atoms with Crippen molar-refractivity contribution in [1.29, 1.82) is 0 Å². The van der Waals surface area contributed by atoms with Crippen LogP contribution in [0.15, 0.2) is 6.33 Å². The molecule has 3 atom stereocenters. The summed E-state index contributed by atoms with van der Waals surface area (Å²) in [5.41, 5.74) is 4.53. The first-order chi connectivity index (χ1) is 16.3. The summed E-state index contributed by atoms with van der Waals surface area (Å²) in [7, 11) is 0. The third-order valence-corrected chi connectivity index (χ3v) is 5.70. The molecule has 1 aliphatic rings. The van der Waals surface area contributed by atoms with E-state index in [4.69, 9.17) is 26.4 Å². The van der Waals surface area contributed by atoms with Crippen LogP contribution in [0, 0.1) is 18.4 Å². The van der Waals surface area contributed by atoms with E-state index in [1.165, 1.54) is 10.9 Å². The van der Waals surface area contributed by atoms with Crippen LogP contribution in [0.25, 0.3) is 11.2 Å². The van der Waals surface area contributed by atoms with Crippen LogP contribution in [-0.2, 0) is 23.8 Å². The number of anilines is 1. The quantitative estimate of drug-likeness (QED) is 0.225. The fourth-order valence-corrected chi connectivity index (χ4v) is 3.79. The van der Waals surface area contributed by atoms with Crippen molar-refractivity contribution < 1.29 is 28.2 Å². The fraction of sp³-hybridized carbons (Fsp3) is 0.609. The van der Waals surface area contributed by atoms with Gasteiger partial charge < -0.3 is 19.9 Å². The van der Waals surface area contributed by atoms with E-state index in [2.05, 4.69) is 20.9 Å². The number of carbonyl (C=O) groups excluding carboxylic acids is 2. The Morgan fingerprint density at radius 2 is 2.00 bits per heavy atom. The van der Waals surface area contributed by atoms with Crippen molar-refractivity contribution in [3.05, 3.63) is 12.4 Å². The van der Waals surface area contributed by atoms with Crippen molar-refractivity contribution in [3.8, 4) is 12.3 Å². The molecule has 1 saturated heterocycles. The van der Waals surface area contributed by atoms with E-state index in [0.29, 0.717) is 12.8 Å². The van der Waals surface area contributed by atoms with Crippen LogP contribution < -0.4 is 5.73 Å². The van der Waals surface area contributed by atoms with Gasteiger partial charge in [0.2, 0.25) is 5.60 Å². The van der Waals surface area contributed by atoms with Crippen molar-refractivity contribution in [3.63, 3.8) is 0 Å². The van der Waals surface area contributed by atoms with E-state index >= 15 is 0 Å². The number of ether oxygens (including phenoxy) is 3. The number of hydrogen-bond donors (Lipinski definition) is 1. The Bertz CT molecular complexity index is 1070. The maximum absolute atomic E-state index is 13.8. The van der Waals surface area contributed by atoms with Crippen LogP contribution in [0.2, 0.25) is 0 Å². The number of halogens is 1. The summed E-state index contributed by atoms with van der Waals surface area (Å²) in [6.07, 6.45) is 9.09. The summed E-state index contributed by atoms with van der Waals surface area (Å²) >= 11 is 0. The van der Waals surface area contributed by atoms with Gasteiger partial charge in [-0.1, -0.05) is 39.0 Å². The molecule has 3 heterocycles. The molecule has 1 fully saturated rings. The minimum atomic E-state index is -1.53. The molecule has 1 aliphatic heterocycles. The van der Waals surface area contributed by atoms with Gasteiger partial charge in [0, 0.05) is 19.3 Å². The molecular weight excluding hydrogens is 445 g/mol. The Labute approximate surface area is 197 Å². The van der Waals surface area contributed by atoms with Crippen molar-refractivity contribution in [1.82, 2.24) is 19.5 Å². The summed E-state index contributed by atoms with van der Waals surface area (Å²) in [4.78, 5) is 36.0. The van der Waals surface area contributed by atoms with Gasteiger partial charge in [-0.05, 0) is 12.8 Å². The predicted octanol–water partition coefficient (Wildman–Crippen LogP) is 3.06. The largest absolute Gasteiger partial charge is 0.461 e. The van der Waals surface area contributed by atoms with Crippen LogP contribution in [0.3, 0.4) is 0 Å². The number of nitrogen functional groups attached to an aromatic ring is 1. The number of unbranched alkanes of at least 4 members (excludes halogenated alkanes) is 3. The second kappa shape index (κ2) is 11.2. The van der Waals surface area contributed by atoms with Gasteiger partial charge >= 0.3 is 18.0 Å². The zero-order chi connectivity index (χ0) is 24.7. The average Bonchev–Trinajstić information content (AvgIpc) is 3.38. The van der Waals surface area contributed by atoms with Crippen LogP contribution in [0.5, 0.6) is 0 Å². The molecule has 2 N–H and O–H groups in total. The molecule has 0 aliphatic carbocycles. The van der Waals surface area contributed by atoms with Gasteiger partial charge in [0.05, 0.1) is 6.33 Å². The predicted molar refractivity (Wildman–Crippen MR) is 121 cm³/mol. The van der Waals surface area contributed by atoms with E-state index in [9.17, 15) is 14.0 Å². The number of imidazole rings is 1. The van der Waals surface area contributed by atoms with Gasteiger partial charge in [0.15, 0.2) is 17.0 Å². The summed E-state index contributed by atoms with van der Waals surface area (Å²) in [5.74, 6) is 1.57. The molecule has 3 rings (SSSR count). The monoisotopic (exact) mass is 475 g/mol.